The molecule has 0 aliphatic heterocycles. The van der Waals surface area contributed by atoms with Crippen LogP contribution in [0.1, 0.15) is 168 Å². The molecule has 0 radical (unpaired) electrons. The van der Waals surface area contributed by atoms with Crippen LogP contribution in [0.3, 0.4) is 0 Å². The number of rotatable bonds is 40. The predicted molar refractivity (Wildman–Crippen MR) is 172 cm³/mol. The molecule has 0 amide bonds. The third kappa shape index (κ3) is 39.9. The maximum absolute atomic E-state index is 11.9. The Morgan fingerprint density at radius 1 is 0.356 bits per heavy atom. The molecule has 0 atom stereocenters. The van der Waals surface area contributed by atoms with Crippen molar-refractivity contribution in [3.63, 3.8) is 0 Å². The Kier molecular flexibility index (Phi) is 38.1. The van der Waals surface area contributed by atoms with Gasteiger partial charge in [-0.15, -0.1) is 0 Å². The van der Waals surface area contributed by atoms with Gasteiger partial charge in [0.1, 0.15) is 0 Å². The van der Waals surface area contributed by atoms with E-state index in [1.165, 1.54) is 103 Å². The van der Waals surface area contributed by atoms with Crippen LogP contribution in [0.5, 0.6) is 0 Å². The first-order valence-corrected chi connectivity index (χ1v) is 19.4. The maximum atomic E-state index is 11.9. The van der Waals surface area contributed by atoms with Crippen LogP contribution in [0.4, 0.5) is 0 Å². The SMILES string of the molecule is CCCCCCCCCCCCOOOOCCCCOP(=O)(O)OCCCCOOOOCCCCCCCCCCCC. The van der Waals surface area contributed by atoms with Crippen molar-refractivity contribution < 1.29 is 58.2 Å². The second-order valence-electron chi connectivity index (χ2n) is 11.5. The van der Waals surface area contributed by atoms with Gasteiger partial charge in [0, 0.05) is 0 Å². The summed E-state index contributed by atoms with van der Waals surface area (Å²) in [5.41, 5.74) is 0. The molecule has 0 rings (SSSR count). The van der Waals surface area contributed by atoms with Crippen LogP contribution in [0, 0.1) is 0 Å². The van der Waals surface area contributed by atoms with Crippen molar-refractivity contribution >= 4 is 7.82 Å². The molecule has 0 unspecified atom stereocenters. The van der Waals surface area contributed by atoms with E-state index in [0.717, 1.165) is 25.7 Å². The number of phosphoric acid groups is 1. The molecule has 45 heavy (non-hydrogen) atoms. The Morgan fingerprint density at radius 3 is 0.867 bits per heavy atom. The minimum absolute atomic E-state index is 0.0423. The van der Waals surface area contributed by atoms with Gasteiger partial charge >= 0.3 is 7.82 Å². The van der Waals surface area contributed by atoms with Gasteiger partial charge in [-0.3, -0.25) is 9.05 Å². The minimum Gasteiger partial charge on any atom is -0.302 e. The summed E-state index contributed by atoms with van der Waals surface area (Å²) in [5, 5.41) is 18.0. The smallest absolute Gasteiger partial charge is 0.302 e. The lowest BCUT2D eigenvalue weighted by Crippen LogP contribution is -2.04. The summed E-state index contributed by atoms with van der Waals surface area (Å²) < 4.78 is 21.8. The van der Waals surface area contributed by atoms with E-state index in [0.29, 0.717) is 38.9 Å². The molecule has 1 N–H and O–H groups in total. The molecule has 0 fully saturated rings. The molecule has 272 valence electrons. The summed E-state index contributed by atoms with van der Waals surface area (Å²) >= 11 is 0. The van der Waals surface area contributed by atoms with Gasteiger partial charge in [0.2, 0.25) is 0 Å². The van der Waals surface area contributed by atoms with Crippen LogP contribution in [-0.2, 0) is 53.3 Å². The van der Waals surface area contributed by atoms with Crippen molar-refractivity contribution in [3.8, 4) is 0 Å². The highest BCUT2D eigenvalue weighted by Gasteiger charge is 2.20. The van der Waals surface area contributed by atoms with Crippen LogP contribution >= 0.6 is 7.82 Å². The van der Waals surface area contributed by atoms with Crippen molar-refractivity contribution in [1.29, 1.82) is 0 Å². The Hall–Kier alpha value is -0.210. The second kappa shape index (κ2) is 38.2. The summed E-state index contributed by atoms with van der Waals surface area (Å²) in [7, 11) is -4.11. The first-order valence-electron chi connectivity index (χ1n) is 17.9. The van der Waals surface area contributed by atoms with Gasteiger partial charge in [-0.1, -0.05) is 129 Å². The van der Waals surface area contributed by atoms with E-state index >= 15 is 0 Å². The van der Waals surface area contributed by atoms with Gasteiger partial charge in [-0.05, 0) is 58.7 Å². The Morgan fingerprint density at radius 2 is 0.578 bits per heavy atom. The van der Waals surface area contributed by atoms with Gasteiger partial charge in [-0.25, -0.2) is 24.1 Å². The average molecular weight is 675 g/mol. The third-order valence-corrected chi connectivity index (χ3v) is 8.18. The third-order valence-electron chi connectivity index (χ3n) is 7.16. The molecule has 0 aromatic rings. The van der Waals surface area contributed by atoms with E-state index in [1.807, 2.05) is 0 Å². The van der Waals surface area contributed by atoms with Crippen molar-refractivity contribution in [1.82, 2.24) is 0 Å². The first-order chi connectivity index (χ1) is 22.1. The van der Waals surface area contributed by atoms with Crippen molar-refractivity contribution in [2.45, 2.75) is 168 Å². The van der Waals surface area contributed by atoms with Crippen LogP contribution in [0.2, 0.25) is 0 Å². The lowest BCUT2D eigenvalue weighted by Gasteiger charge is -2.11. The van der Waals surface area contributed by atoms with Crippen molar-refractivity contribution in [2.75, 3.05) is 39.6 Å². The summed E-state index contributed by atoms with van der Waals surface area (Å²) in [6.07, 6.45) is 27.0. The topological polar surface area (TPSA) is 130 Å². The fourth-order valence-corrected chi connectivity index (χ4v) is 5.23. The normalized spacial score (nSPS) is 12.0. The molecule has 0 spiro atoms. The summed E-state index contributed by atoms with van der Waals surface area (Å²) in [6.45, 7) is 5.90. The number of phosphoric ester groups is 1. The number of hydrogen-bond acceptors (Lipinski definition) is 11. The Balaban J connectivity index is 3.25. The molecule has 12 nitrogen and oxygen atoms in total. The molecular formula is C32H67O12P. The second-order valence-corrected chi connectivity index (χ2v) is 12.9. The highest BCUT2D eigenvalue weighted by atomic mass is 31.2. The highest BCUT2D eigenvalue weighted by Crippen LogP contribution is 2.43. The van der Waals surface area contributed by atoms with E-state index in [4.69, 9.17) is 28.6 Å². The summed E-state index contributed by atoms with van der Waals surface area (Å²) in [4.78, 5) is 29.2. The molecule has 0 aliphatic carbocycles. The average Bonchev–Trinajstić information content (AvgIpc) is 3.03. The molecule has 0 saturated heterocycles. The fraction of sp³-hybridized carbons (Fsp3) is 1.00. The van der Waals surface area contributed by atoms with Crippen LogP contribution in [-0.4, -0.2) is 44.5 Å². The molecule has 13 heteroatoms. The molecule has 0 aliphatic rings. The molecule has 0 aromatic heterocycles. The van der Waals surface area contributed by atoms with E-state index in [-0.39, 0.29) is 26.4 Å². The van der Waals surface area contributed by atoms with E-state index in [9.17, 15) is 9.46 Å². The fourth-order valence-electron chi connectivity index (χ4n) is 4.43. The quantitative estimate of drug-likeness (QED) is 0.0287. The zero-order valence-corrected chi connectivity index (χ0v) is 29.5. The Labute approximate surface area is 273 Å². The maximum Gasteiger partial charge on any atom is 0.472 e. The molecular weight excluding hydrogens is 607 g/mol. The van der Waals surface area contributed by atoms with Crippen molar-refractivity contribution in [2.24, 2.45) is 0 Å². The van der Waals surface area contributed by atoms with E-state index < -0.39 is 7.82 Å². The van der Waals surface area contributed by atoms with E-state index in [1.54, 1.807) is 0 Å². The van der Waals surface area contributed by atoms with Gasteiger partial charge in [0.05, 0.1) is 39.6 Å². The zero-order chi connectivity index (χ0) is 32.8. The van der Waals surface area contributed by atoms with Gasteiger partial charge in [-0.2, -0.15) is 0 Å². The predicted octanol–water partition coefficient (Wildman–Crippen LogP) is 10.1. The Bertz CT molecular complexity index is 556. The van der Waals surface area contributed by atoms with Gasteiger partial charge in [0.15, 0.2) is 0 Å². The highest BCUT2D eigenvalue weighted by molar-refractivity contribution is 7.47. The molecule has 0 saturated carbocycles. The summed E-state index contributed by atoms with van der Waals surface area (Å²) in [6, 6.07) is 0. The zero-order valence-electron chi connectivity index (χ0n) is 28.6. The molecule has 0 aromatic carbocycles. The standard InChI is InChI=1S/C32H67O12P/c1-3-5-7-9-11-13-15-17-19-21-27-35-41-43-37-29-23-25-31-39-45(33,34)40-32-26-24-30-38-44-42-36-28-22-20-18-16-14-12-10-8-6-4-2/h3-32H2,1-2H3,(H,33,34). The molecule has 0 bridgehead atoms. The first kappa shape index (κ1) is 44.8. The number of unbranched alkanes of at least 4 members (excludes halogenated alkanes) is 20. The van der Waals surface area contributed by atoms with Crippen LogP contribution in [0.25, 0.3) is 0 Å². The van der Waals surface area contributed by atoms with Crippen molar-refractivity contribution in [3.05, 3.63) is 0 Å². The lowest BCUT2D eigenvalue weighted by atomic mass is 10.1. The van der Waals surface area contributed by atoms with Crippen LogP contribution in [0.15, 0.2) is 0 Å². The van der Waals surface area contributed by atoms with Gasteiger partial charge < -0.3 is 4.89 Å². The number of hydrogen-bond donors (Lipinski definition) is 1. The monoisotopic (exact) mass is 674 g/mol. The largest absolute Gasteiger partial charge is 0.472 e. The molecule has 0 heterocycles. The van der Waals surface area contributed by atoms with Gasteiger partial charge in [0.25, 0.3) is 0 Å². The van der Waals surface area contributed by atoms with Crippen LogP contribution < -0.4 is 0 Å². The summed E-state index contributed by atoms with van der Waals surface area (Å²) in [5.74, 6) is 0. The lowest BCUT2D eigenvalue weighted by molar-refractivity contribution is -0.634. The van der Waals surface area contributed by atoms with E-state index in [2.05, 4.69) is 34.0 Å². The minimum atomic E-state index is -4.11.